The number of methoxy groups -OCH3 is 1. The van der Waals surface area contributed by atoms with Crippen molar-refractivity contribution in [3.05, 3.63) is 11.3 Å². The number of nitrogens with one attached hydrogen (secondary N) is 1. The fourth-order valence-electron chi connectivity index (χ4n) is 5.37. The molecular weight excluding hydrogens is 413 g/mol. The van der Waals surface area contributed by atoms with Gasteiger partial charge in [0.1, 0.15) is 5.57 Å². The second-order valence-electron chi connectivity index (χ2n) is 8.90. The second kappa shape index (κ2) is 9.20. The van der Waals surface area contributed by atoms with Gasteiger partial charge in [-0.2, -0.15) is 13.2 Å². The lowest BCUT2D eigenvalue weighted by molar-refractivity contribution is -0.196. The van der Waals surface area contributed by atoms with Crippen LogP contribution in [-0.4, -0.2) is 47.6 Å². The molecule has 174 valence electrons. The van der Waals surface area contributed by atoms with Crippen molar-refractivity contribution in [3.63, 3.8) is 0 Å². The van der Waals surface area contributed by atoms with Crippen LogP contribution in [0.3, 0.4) is 0 Å². The van der Waals surface area contributed by atoms with Crippen LogP contribution in [0, 0.1) is 5.92 Å². The van der Waals surface area contributed by atoms with Crippen molar-refractivity contribution in [3.8, 4) is 0 Å². The summed E-state index contributed by atoms with van der Waals surface area (Å²) in [5, 5.41) is 1.96. The van der Waals surface area contributed by atoms with Crippen LogP contribution in [-0.2, 0) is 19.1 Å². The molecule has 0 aromatic rings. The van der Waals surface area contributed by atoms with Gasteiger partial charge in [-0.05, 0) is 32.1 Å². The third kappa shape index (κ3) is 4.32. The fraction of sp³-hybridized carbons (Fsp3) is 0.773. The van der Waals surface area contributed by atoms with Gasteiger partial charge in [-0.25, -0.2) is 4.79 Å². The first-order valence-electron chi connectivity index (χ1n) is 11.1. The van der Waals surface area contributed by atoms with Gasteiger partial charge in [0.05, 0.1) is 7.11 Å². The first-order valence-corrected chi connectivity index (χ1v) is 11.1. The SMILES string of the molecule is COC(=O)C1=C(C)N(C2CCCC2)C(=O)[C@]1(NC(=O)CCC1CCCCC1)C(F)(F)F. The first-order chi connectivity index (χ1) is 14.6. The minimum Gasteiger partial charge on any atom is -0.466 e. The Hall–Kier alpha value is -2.06. The molecule has 2 aliphatic carbocycles. The maximum Gasteiger partial charge on any atom is 0.425 e. The number of amides is 2. The van der Waals surface area contributed by atoms with E-state index < -0.39 is 41.1 Å². The molecule has 0 aromatic heterocycles. The number of carbonyl (C=O) groups excluding carboxylic acids is 3. The zero-order chi connectivity index (χ0) is 22.8. The normalized spacial score (nSPS) is 26.0. The number of hydrogen-bond donors (Lipinski definition) is 1. The van der Waals surface area contributed by atoms with Gasteiger partial charge < -0.3 is 15.0 Å². The predicted octanol–water partition coefficient (Wildman–Crippen LogP) is 4.00. The van der Waals surface area contributed by atoms with E-state index in [2.05, 4.69) is 4.74 Å². The van der Waals surface area contributed by atoms with Gasteiger partial charge in [-0.15, -0.1) is 0 Å². The van der Waals surface area contributed by atoms with Crippen LogP contribution in [0.15, 0.2) is 11.3 Å². The number of halogens is 3. The van der Waals surface area contributed by atoms with Crippen molar-refractivity contribution in [2.75, 3.05) is 7.11 Å². The van der Waals surface area contributed by atoms with Gasteiger partial charge in [0.15, 0.2) is 0 Å². The van der Waals surface area contributed by atoms with Crippen LogP contribution >= 0.6 is 0 Å². The Kier molecular flexibility index (Phi) is 7.01. The van der Waals surface area contributed by atoms with Crippen LogP contribution < -0.4 is 5.32 Å². The molecule has 3 rings (SSSR count). The highest BCUT2D eigenvalue weighted by Crippen LogP contribution is 2.47. The molecule has 2 fully saturated rings. The number of carbonyl (C=O) groups is 3. The summed E-state index contributed by atoms with van der Waals surface area (Å²) in [7, 11) is 0.970. The highest BCUT2D eigenvalue weighted by molar-refractivity contribution is 6.10. The molecule has 6 nitrogen and oxygen atoms in total. The summed E-state index contributed by atoms with van der Waals surface area (Å²) < 4.78 is 48.1. The molecule has 2 saturated carbocycles. The number of esters is 1. The van der Waals surface area contributed by atoms with Crippen molar-refractivity contribution in [1.29, 1.82) is 0 Å². The highest BCUT2D eigenvalue weighted by atomic mass is 19.4. The number of rotatable bonds is 6. The van der Waals surface area contributed by atoms with Gasteiger partial charge in [0, 0.05) is 18.2 Å². The van der Waals surface area contributed by atoms with E-state index in [1.165, 1.54) is 6.92 Å². The first kappa shape index (κ1) is 23.6. The third-order valence-electron chi connectivity index (χ3n) is 6.97. The molecule has 1 atom stereocenters. The molecule has 3 aliphatic rings. The summed E-state index contributed by atoms with van der Waals surface area (Å²) in [5.74, 6) is -3.14. The molecule has 0 radical (unpaired) electrons. The molecule has 31 heavy (non-hydrogen) atoms. The van der Waals surface area contributed by atoms with Crippen molar-refractivity contribution < 1.29 is 32.3 Å². The van der Waals surface area contributed by atoms with E-state index in [9.17, 15) is 27.6 Å². The Bertz CT molecular complexity index is 752. The lowest BCUT2D eigenvalue weighted by Gasteiger charge is -2.34. The zero-order valence-electron chi connectivity index (χ0n) is 18.1. The molecule has 0 bridgehead atoms. The Morgan fingerprint density at radius 3 is 2.23 bits per heavy atom. The van der Waals surface area contributed by atoms with Gasteiger partial charge in [0.2, 0.25) is 11.4 Å². The van der Waals surface area contributed by atoms with E-state index in [4.69, 9.17) is 0 Å². The third-order valence-corrected chi connectivity index (χ3v) is 6.97. The van der Waals surface area contributed by atoms with E-state index in [0.717, 1.165) is 57.0 Å². The highest BCUT2D eigenvalue weighted by Gasteiger charge is 2.71. The molecule has 0 spiro atoms. The standard InChI is InChI=1S/C22H31F3N2O4/c1-14-18(19(29)31-2)21(22(23,24)25,20(30)27(14)16-10-6-7-11-16)26-17(28)13-12-15-8-4-3-5-9-15/h15-16H,3-13H2,1-2H3,(H,26,28)/t21-/m0/s1. The summed E-state index contributed by atoms with van der Waals surface area (Å²) in [6, 6.07) is -0.421. The monoisotopic (exact) mass is 444 g/mol. The van der Waals surface area contributed by atoms with Crippen molar-refractivity contribution in [2.45, 2.75) is 95.3 Å². The lowest BCUT2D eigenvalue weighted by Crippen LogP contribution is -2.66. The fourth-order valence-corrected chi connectivity index (χ4v) is 5.37. The van der Waals surface area contributed by atoms with E-state index >= 15 is 0 Å². The van der Waals surface area contributed by atoms with Crippen molar-refractivity contribution >= 4 is 17.8 Å². The minimum atomic E-state index is -5.19. The Labute approximate surface area is 180 Å². The van der Waals surface area contributed by atoms with Crippen LogP contribution in [0.5, 0.6) is 0 Å². The van der Waals surface area contributed by atoms with E-state index in [-0.39, 0.29) is 12.1 Å². The average Bonchev–Trinajstić information content (AvgIpc) is 3.32. The predicted molar refractivity (Wildman–Crippen MR) is 107 cm³/mol. The van der Waals surface area contributed by atoms with E-state index in [1.54, 1.807) is 0 Å². The number of alkyl halides is 3. The molecule has 1 aliphatic heterocycles. The summed E-state index contributed by atoms with van der Waals surface area (Å²) in [4.78, 5) is 39.5. The zero-order valence-corrected chi connectivity index (χ0v) is 18.1. The van der Waals surface area contributed by atoms with Crippen molar-refractivity contribution in [2.24, 2.45) is 5.92 Å². The molecule has 9 heteroatoms. The maximum atomic E-state index is 14.5. The summed E-state index contributed by atoms with van der Waals surface area (Å²) in [5.41, 5.74) is -4.32. The number of ether oxygens (including phenoxy) is 1. The van der Waals surface area contributed by atoms with Crippen molar-refractivity contribution in [1.82, 2.24) is 10.2 Å². The summed E-state index contributed by atoms with van der Waals surface area (Å²) in [6.45, 7) is 1.32. The van der Waals surface area contributed by atoms with Gasteiger partial charge in [0.25, 0.3) is 5.91 Å². The summed E-state index contributed by atoms with van der Waals surface area (Å²) >= 11 is 0. The Morgan fingerprint density at radius 2 is 1.68 bits per heavy atom. The molecule has 2 amide bonds. The average molecular weight is 444 g/mol. The van der Waals surface area contributed by atoms with Gasteiger partial charge in [-0.3, -0.25) is 9.59 Å². The quantitative estimate of drug-likeness (QED) is 0.629. The Morgan fingerprint density at radius 1 is 1.10 bits per heavy atom. The number of hydrogen-bond acceptors (Lipinski definition) is 4. The van der Waals surface area contributed by atoms with E-state index in [0.29, 0.717) is 25.2 Å². The van der Waals surface area contributed by atoms with Crippen LogP contribution in [0.4, 0.5) is 13.2 Å². The molecule has 0 saturated heterocycles. The second-order valence-corrected chi connectivity index (χ2v) is 8.90. The lowest BCUT2D eigenvalue weighted by atomic mass is 9.85. The molecule has 0 unspecified atom stereocenters. The largest absolute Gasteiger partial charge is 0.466 e. The summed E-state index contributed by atoms with van der Waals surface area (Å²) in [6.07, 6.45) is 3.03. The molecule has 1 heterocycles. The van der Waals surface area contributed by atoms with Crippen LogP contribution in [0.2, 0.25) is 0 Å². The topological polar surface area (TPSA) is 75.7 Å². The van der Waals surface area contributed by atoms with Crippen LogP contribution in [0.1, 0.15) is 77.6 Å². The Balaban J connectivity index is 1.92. The van der Waals surface area contributed by atoms with Crippen LogP contribution in [0.25, 0.3) is 0 Å². The number of allylic oxidation sites excluding steroid dienone is 1. The number of nitrogens with zero attached hydrogens (tertiary/aromatic N) is 1. The van der Waals surface area contributed by atoms with E-state index in [1.807, 2.05) is 5.32 Å². The van der Waals surface area contributed by atoms with Gasteiger partial charge >= 0.3 is 12.1 Å². The molecular formula is C22H31F3N2O4. The molecule has 1 N–H and O–H groups in total. The smallest absolute Gasteiger partial charge is 0.425 e. The van der Waals surface area contributed by atoms with Gasteiger partial charge in [-0.1, -0.05) is 44.9 Å². The maximum absolute atomic E-state index is 14.5. The minimum absolute atomic E-state index is 0.0892. The molecule has 0 aromatic carbocycles.